The van der Waals surface area contributed by atoms with Crippen LogP contribution in [-0.4, -0.2) is 38.6 Å². The topological polar surface area (TPSA) is 77.2 Å². The van der Waals surface area contributed by atoms with Crippen LogP contribution >= 0.6 is 0 Å². The molecule has 1 heterocycles. The van der Waals surface area contributed by atoms with Crippen LogP contribution in [-0.2, 0) is 0 Å². The molecule has 0 radical (unpaired) electrons. The summed E-state index contributed by atoms with van der Waals surface area (Å²) >= 11 is 0. The van der Waals surface area contributed by atoms with E-state index < -0.39 is 18.8 Å². The second kappa shape index (κ2) is 6.87. The number of rotatable bonds is 5. The summed E-state index contributed by atoms with van der Waals surface area (Å²) in [6.45, 7) is -1.39. The standard InChI is InChI=1S/C17H12F3N3O3/c18-17(19,20)9-26-14-7-2-1-6-13(14)11-4-3-5-12(8-11)23-10-21-15(22-23)16(24)25/h1-8,10H,9H2,(H,24,25). The van der Waals surface area contributed by atoms with E-state index in [1.165, 1.54) is 17.1 Å². The maximum atomic E-state index is 12.4. The summed E-state index contributed by atoms with van der Waals surface area (Å²) in [5, 5.41) is 12.7. The predicted octanol–water partition coefficient (Wildman–Crippen LogP) is 3.57. The molecule has 0 unspecified atom stereocenters. The summed E-state index contributed by atoms with van der Waals surface area (Å²) in [5.41, 5.74) is 1.57. The summed E-state index contributed by atoms with van der Waals surface area (Å²) in [5.74, 6) is -1.53. The normalized spacial score (nSPS) is 11.3. The number of para-hydroxylation sites is 1. The monoisotopic (exact) mass is 363 g/mol. The number of aromatic nitrogens is 3. The molecule has 1 aromatic heterocycles. The number of nitrogens with zero attached hydrogens (tertiary/aromatic N) is 3. The molecule has 3 aromatic rings. The Bertz CT molecular complexity index is 938. The SMILES string of the molecule is O=C(O)c1ncn(-c2cccc(-c3ccccc3OCC(F)(F)F)c2)n1. The van der Waals surface area contributed by atoms with E-state index in [9.17, 15) is 18.0 Å². The van der Waals surface area contributed by atoms with Crippen molar-refractivity contribution in [3.05, 3.63) is 60.7 Å². The third-order valence-corrected chi connectivity index (χ3v) is 3.38. The van der Waals surface area contributed by atoms with Crippen LogP contribution in [0.4, 0.5) is 13.2 Å². The average Bonchev–Trinajstić information content (AvgIpc) is 3.10. The van der Waals surface area contributed by atoms with Gasteiger partial charge in [-0.05, 0) is 23.8 Å². The average molecular weight is 363 g/mol. The number of halogens is 3. The largest absolute Gasteiger partial charge is 0.483 e. The highest BCUT2D eigenvalue weighted by Gasteiger charge is 2.28. The zero-order valence-corrected chi connectivity index (χ0v) is 13.1. The second-order valence-electron chi connectivity index (χ2n) is 5.27. The molecule has 0 spiro atoms. The molecule has 0 fully saturated rings. The molecule has 134 valence electrons. The molecule has 0 aliphatic carbocycles. The van der Waals surface area contributed by atoms with Crippen LogP contribution in [0, 0.1) is 0 Å². The van der Waals surface area contributed by atoms with Gasteiger partial charge in [0.1, 0.15) is 12.1 Å². The van der Waals surface area contributed by atoms with E-state index in [-0.39, 0.29) is 11.6 Å². The minimum Gasteiger partial charge on any atom is -0.483 e. The highest BCUT2D eigenvalue weighted by molar-refractivity contribution is 5.82. The Hall–Kier alpha value is -3.36. The number of carboxylic acids is 1. The van der Waals surface area contributed by atoms with Crippen LogP contribution < -0.4 is 4.74 Å². The number of alkyl halides is 3. The fourth-order valence-corrected chi connectivity index (χ4v) is 2.29. The van der Waals surface area contributed by atoms with Gasteiger partial charge in [-0.2, -0.15) is 13.2 Å². The van der Waals surface area contributed by atoms with Gasteiger partial charge in [-0.25, -0.2) is 14.5 Å². The van der Waals surface area contributed by atoms with E-state index in [1.54, 1.807) is 42.5 Å². The highest BCUT2D eigenvalue weighted by atomic mass is 19.4. The summed E-state index contributed by atoms with van der Waals surface area (Å²) in [7, 11) is 0. The first-order valence-corrected chi connectivity index (χ1v) is 7.38. The van der Waals surface area contributed by atoms with Crippen LogP contribution in [0.15, 0.2) is 54.9 Å². The van der Waals surface area contributed by atoms with E-state index in [2.05, 4.69) is 10.1 Å². The van der Waals surface area contributed by atoms with Gasteiger partial charge in [-0.1, -0.05) is 30.3 Å². The molecule has 9 heteroatoms. The molecule has 26 heavy (non-hydrogen) atoms. The molecule has 0 aliphatic rings. The first kappa shape index (κ1) is 17.5. The predicted molar refractivity (Wildman–Crippen MR) is 85.3 cm³/mol. The Morgan fingerprint density at radius 3 is 2.62 bits per heavy atom. The molecule has 0 atom stereocenters. The molecule has 0 saturated carbocycles. The van der Waals surface area contributed by atoms with Gasteiger partial charge in [0.25, 0.3) is 5.82 Å². The number of aromatic carboxylic acids is 1. The molecule has 3 rings (SSSR count). The van der Waals surface area contributed by atoms with Crippen molar-refractivity contribution in [2.75, 3.05) is 6.61 Å². The van der Waals surface area contributed by atoms with Crippen LogP contribution in [0.2, 0.25) is 0 Å². The Morgan fingerprint density at radius 1 is 1.15 bits per heavy atom. The van der Waals surface area contributed by atoms with Crippen LogP contribution in [0.1, 0.15) is 10.6 Å². The quantitative estimate of drug-likeness (QED) is 0.750. The number of carboxylic acid groups (broad SMARTS) is 1. The van der Waals surface area contributed by atoms with Crippen LogP contribution in [0.25, 0.3) is 16.8 Å². The Kier molecular flexibility index (Phi) is 4.61. The summed E-state index contributed by atoms with van der Waals surface area (Å²) in [6.07, 6.45) is -3.20. The van der Waals surface area contributed by atoms with Gasteiger partial charge in [0.15, 0.2) is 6.61 Å². The molecule has 0 amide bonds. The lowest BCUT2D eigenvalue weighted by atomic mass is 10.0. The Morgan fingerprint density at radius 2 is 1.92 bits per heavy atom. The minimum absolute atomic E-state index is 0.0896. The van der Waals surface area contributed by atoms with Crippen molar-refractivity contribution in [3.8, 4) is 22.6 Å². The van der Waals surface area contributed by atoms with Gasteiger partial charge < -0.3 is 9.84 Å². The fourth-order valence-electron chi connectivity index (χ4n) is 2.29. The third-order valence-electron chi connectivity index (χ3n) is 3.38. The number of ether oxygens (including phenoxy) is 1. The molecule has 0 aliphatic heterocycles. The summed E-state index contributed by atoms with van der Waals surface area (Å²) in [4.78, 5) is 14.6. The van der Waals surface area contributed by atoms with E-state index in [0.29, 0.717) is 16.8 Å². The summed E-state index contributed by atoms with van der Waals surface area (Å²) < 4.78 is 43.5. The number of benzene rings is 2. The van der Waals surface area contributed by atoms with Crippen molar-refractivity contribution >= 4 is 5.97 Å². The number of carbonyl (C=O) groups is 1. The lowest BCUT2D eigenvalue weighted by Gasteiger charge is -2.13. The third kappa shape index (κ3) is 4.00. The van der Waals surface area contributed by atoms with E-state index >= 15 is 0 Å². The van der Waals surface area contributed by atoms with Crippen LogP contribution in [0.5, 0.6) is 5.75 Å². The lowest BCUT2D eigenvalue weighted by Crippen LogP contribution is -2.19. The van der Waals surface area contributed by atoms with Crippen molar-refractivity contribution in [2.45, 2.75) is 6.18 Å². The van der Waals surface area contributed by atoms with Gasteiger partial charge >= 0.3 is 12.1 Å². The molecular formula is C17H12F3N3O3. The van der Waals surface area contributed by atoms with Crippen molar-refractivity contribution in [2.24, 2.45) is 0 Å². The second-order valence-corrected chi connectivity index (χ2v) is 5.27. The van der Waals surface area contributed by atoms with E-state index in [0.717, 1.165) is 0 Å². The van der Waals surface area contributed by atoms with Crippen molar-refractivity contribution in [3.63, 3.8) is 0 Å². The number of hydrogen-bond donors (Lipinski definition) is 1. The molecular weight excluding hydrogens is 351 g/mol. The molecule has 0 bridgehead atoms. The highest BCUT2D eigenvalue weighted by Crippen LogP contribution is 2.32. The first-order valence-electron chi connectivity index (χ1n) is 7.38. The van der Waals surface area contributed by atoms with Gasteiger partial charge in [-0.3, -0.25) is 0 Å². The van der Waals surface area contributed by atoms with Crippen LogP contribution in [0.3, 0.4) is 0 Å². The van der Waals surface area contributed by atoms with Gasteiger partial charge in [-0.15, -0.1) is 5.10 Å². The molecule has 0 saturated heterocycles. The maximum absolute atomic E-state index is 12.4. The molecule has 6 nitrogen and oxygen atoms in total. The van der Waals surface area contributed by atoms with Crippen molar-refractivity contribution in [1.82, 2.24) is 14.8 Å². The van der Waals surface area contributed by atoms with Gasteiger partial charge in [0.2, 0.25) is 0 Å². The first-order chi connectivity index (χ1) is 12.3. The Labute approximate surface area is 145 Å². The van der Waals surface area contributed by atoms with Gasteiger partial charge in [0.05, 0.1) is 5.69 Å². The lowest BCUT2D eigenvalue weighted by molar-refractivity contribution is -0.153. The zero-order chi connectivity index (χ0) is 18.7. The maximum Gasteiger partial charge on any atom is 0.422 e. The van der Waals surface area contributed by atoms with E-state index in [4.69, 9.17) is 9.84 Å². The van der Waals surface area contributed by atoms with Gasteiger partial charge in [0, 0.05) is 5.56 Å². The minimum atomic E-state index is -4.44. The zero-order valence-electron chi connectivity index (χ0n) is 13.1. The fraction of sp³-hybridized carbons (Fsp3) is 0.118. The summed E-state index contributed by atoms with van der Waals surface area (Å²) in [6, 6.07) is 13.0. The number of hydrogen-bond acceptors (Lipinski definition) is 4. The van der Waals surface area contributed by atoms with Crippen molar-refractivity contribution < 1.29 is 27.8 Å². The van der Waals surface area contributed by atoms with Crippen molar-refractivity contribution in [1.29, 1.82) is 0 Å². The Balaban J connectivity index is 1.94. The van der Waals surface area contributed by atoms with E-state index in [1.807, 2.05) is 0 Å². The smallest absolute Gasteiger partial charge is 0.422 e. The molecule has 1 N–H and O–H groups in total. The molecule has 2 aromatic carbocycles.